The van der Waals surface area contributed by atoms with Gasteiger partial charge in [-0.15, -0.1) is 0 Å². The molecule has 0 aromatic carbocycles. The van der Waals surface area contributed by atoms with Crippen molar-refractivity contribution in [1.82, 2.24) is 9.80 Å². The first-order valence-corrected chi connectivity index (χ1v) is 7.17. The van der Waals surface area contributed by atoms with E-state index in [1.165, 1.54) is 0 Å². The first kappa shape index (κ1) is 16.1. The molecule has 108 valence electrons. The number of hydrogen-bond acceptors (Lipinski definition) is 3. The van der Waals surface area contributed by atoms with E-state index in [1.54, 1.807) is 23.6 Å². The van der Waals surface area contributed by atoms with Gasteiger partial charge >= 0.3 is 0 Å². The first-order valence-electron chi connectivity index (χ1n) is 6.77. The Kier molecular flexibility index (Phi) is 4.72. The molecule has 1 heterocycles. The van der Waals surface area contributed by atoms with E-state index in [9.17, 15) is 9.59 Å². The van der Waals surface area contributed by atoms with Crippen molar-refractivity contribution in [2.24, 2.45) is 17.3 Å². The molecule has 0 N–H and O–H groups in total. The average molecular weight is 284 g/mol. The predicted octanol–water partition coefficient (Wildman–Crippen LogP) is 2.28. The van der Waals surface area contributed by atoms with Gasteiger partial charge in [0.15, 0.2) is 5.11 Å². The number of hydrogen-bond donors (Lipinski definition) is 0. The van der Waals surface area contributed by atoms with E-state index in [2.05, 4.69) is 0 Å². The average Bonchev–Trinajstić information content (AvgIpc) is 2.28. The number of thiocarbonyl (C=S) groups is 1. The van der Waals surface area contributed by atoms with Gasteiger partial charge in [-0.3, -0.25) is 19.4 Å². The van der Waals surface area contributed by atoms with Crippen LogP contribution in [0.25, 0.3) is 0 Å². The second-order valence-corrected chi connectivity index (χ2v) is 6.89. The van der Waals surface area contributed by atoms with Gasteiger partial charge in [-0.25, -0.2) is 0 Å². The van der Waals surface area contributed by atoms with Crippen LogP contribution < -0.4 is 0 Å². The molecule has 0 bridgehead atoms. The van der Waals surface area contributed by atoms with Crippen molar-refractivity contribution in [3.63, 3.8) is 0 Å². The highest BCUT2D eigenvalue weighted by Gasteiger charge is 2.49. The summed E-state index contributed by atoms with van der Waals surface area (Å²) in [7, 11) is 0. The molecule has 1 aliphatic heterocycles. The number of carbonyl (C=O) groups excluding carboxylic acids is 2. The van der Waals surface area contributed by atoms with Crippen LogP contribution in [0.4, 0.5) is 0 Å². The summed E-state index contributed by atoms with van der Waals surface area (Å²) >= 11 is 5.35. The molecule has 0 saturated carbocycles. The monoisotopic (exact) mass is 284 g/mol. The minimum absolute atomic E-state index is 0.184. The van der Waals surface area contributed by atoms with E-state index in [4.69, 9.17) is 12.2 Å². The summed E-state index contributed by atoms with van der Waals surface area (Å²) in [6, 6.07) is 0. The number of rotatable bonds is 4. The molecule has 1 saturated heterocycles. The van der Waals surface area contributed by atoms with Crippen LogP contribution in [0, 0.1) is 17.3 Å². The van der Waals surface area contributed by atoms with Crippen LogP contribution >= 0.6 is 12.2 Å². The second kappa shape index (κ2) is 5.57. The van der Waals surface area contributed by atoms with Gasteiger partial charge in [0.25, 0.3) is 0 Å². The molecule has 5 heteroatoms. The van der Waals surface area contributed by atoms with Crippen LogP contribution in [-0.4, -0.2) is 39.8 Å². The Hall–Kier alpha value is -0.970. The summed E-state index contributed by atoms with van der Waals surface area (Å²) in [4.78, 5) is 28.0. The van der Waals surface area contributed by atoms with Crippen molar-refractivity contribution in [3.8, 4) is 0 Å². The highest BCUT2D eigenvalue weighted by atomic mass is 32.1. The van der Waals surface area contributed by atoms with Crippen LogP contribution in [0.3, 0.4) is 0 Å². The van der Waals surface area contributed by atoms with Crippen LogP contribution in [-0.2, 0) is 9.59 Å². The van der Waals surface area contributed by atoms with Crippen molar-refractivity contribution >= 4 is 29.1 Å². The molecular weight excluding hydrogens is 260 g/mol. The van der Waals surface area contributed by atoms with Gasteiger partial charge in [0, 0.05) is 13.1 Å². The maximum absolute atomic E-state index is 12.4. The molecule has 0 unspecified atom stereocenters. The van der Waals surface area contributed by atoms with Gasteiger partial charge in [-0.05, 0) is 37.9 Å². The lowest BCUT2D eigenvalue weighted by Gasteiger charge is -2.44. The van der Waals surface area contributed by atoms with Gasteiger partial charge in [0.05, 0.1) is 0 Å². The Bertz CT molecular complexity index is 368. The molecule has 1 aliphatic rings. The predicted molar refractivity (Wildman–Crippen MR) is 79.5 cm³/mol. The standard InChI is InChI=1S/C14H24N2O2S/c1-9(2)7-15-11(17)14(5,6)12(18)16(13(15)19)8-10(3)4/h9-10H,7-8H2,1-6H3. The van der Waals surface area contributed by atoms with E-state index < -0.39 is 5.41 Å². The Labute approximate surface area is 121 Å². The van der Waals surface area contributed by atoms with E-state index in [-0.39, 0.29) is 11.8 Å². The van der Waals surface area contributed by atoms with Crippen LogP contribution in [0.2, 0.25) is 0 Å². The second-order valence-electron chi connectivity index (χ2n) is 6.53. The molecule has 4 nitrogen and oxygen atoms in total. The fourth-order valence-corrected chi connectivity index (χ4v) is 2.45. The third-order valence-corrected chi connectivity index (χ3v) is 3.56. The zero-order valence-corrected chi connectivity index (χ0v) is 13.5. The van der Waals surface area contributed by atoms with Gasteiger partial charge in [-0.1, -0.05) is 27.7 Å². The fourth-order valence-electron chi connectivity index (χ4n) is 2.14. The minimum atomic E-state index is -1.02. The SMILES string of the molecule is CC(C)CN1C(=O)C(C)(C)C(=O)N(CC(C)C)C1=S. The molecule has 1 rings (SSSR count). The van der Waals surface area contributed by atoms with Gasteiger partial charge in [-0.2, -0.15) is 0 Å². The smallest absolute Gasteiger partial charge is 0.243 e. The van der Waals surface area contributed by atoms with Gasteiger partial charge in [0.2, 0.25) is 11.8 Å². The molecule has 0 spiro atoms. The Morgan fingerprint density at radius 2 is 1.26 bits per heavy atom. The molecule has 0 radical (unpaired) electrons. The lowest BCUT2D eigenvalue weighted by atomic mass is 9.87. The van der Waals surface area contributed by atoms with Crippen molar-refractivity contribution in [2.75, 3.05) is 13.1 Å². The molecule has 0 aromatic heterocycles. The molecule has 1 fully saturated rings. The molecule has 0 aliphatic carbocycles. The van der Waals surface area contributed by atoms with Crippen molar-refractivity contribution in [3.05, 3.63) is 0 Å². The third-order valence-electron chi connectivity index (χ3n) is 3.12. The zero-order valence-electron chi connectivity index (χ0n) is 12.7. The van der Waals surface area contributed by atoms with Crippen molar-refractivity contribution in [1.29, 1.82) is 0 Å². The highest BCUT2D eigenvalue weighted by molar-refractivity contribution is 7.80. The summed E-state index contributed by atoms with van der Waals surface area (Å²) in [5.74, 6) is 0.256. The zero-order chi connectivity index (χ0) is 15.0. The van der Waals surface area contributed by atoms with Crippen molar-refractivity contribution < 1.29 is 9.59 Å². The van der Waals surface area contributed by atoms with E-state index in [0.717, 1.165) is 0 Å². The maximum atomic E-state index is 12.4. The van der Waals surface area contributed by atoms with Crippen molar-refractivity contribution in [2.45, 2.75) is 41.5 Å². The fraction of sp³-hybridized carbons (Fsp3) is 0.786. The molecule has 0 atom stereocenters. The maximum Gasteiger partial charge on any atom is 0.243 e. The van der Waals surface area contributed by atoms with E-state index in [1.807, 2.05) is 27.7 Å². The normalized spacial score (nSPS) is 19.9. The lowest BCUT2D eigenvalue weighted by molar-refractivity contribution is -0.154. The molecule has 19 heavy (non-hydrogen) atoms. The number of nitrogens with zero attached hydrogens (tertiary/aromatic N) is 2. The van der Waals surface area contributed by atoms with E-state index in [0.29, 0.717) is 30.0 Å². The first-order chi connectivity index (χ1) is 8.59. The summed E-state index contributed by atoms with van der Waals surface area (Å²) < 4.78 is 0. The number of carbonyl (C=O) groups is 2. The van der Waals surface area contributed by atoms with Crippen LogP contribution in [0.5, 0.6) is 0 Å². The Morgan fingerprint density at radius 1 is 0.947 bits per heavy atom. The number of amides is 2. The van der Waals surface area contributed by atoms with Gasteiger partial charge < -0.3 is 0 Å². The summed E-state index contributed by atoms with van der Waals surface area (Å²) in [5.41, 5.74) is -1.02. The quantitative estimate of drug-likeness (QED) is 0.587. The van der Waals surface area contributed by atoms with Crippen LogP contribution in [0.1, 0.15) is 41.5 Å². The Balaban J connectivity index is 3.11. The van der Waals surface area contributed by atoms with Gasteiger partial charge in [0.1, 0.15) is 5.41 Å². The summed E-state index contributed by atoms with van der Waals surface area (Å²) in [5, 5.41) is 0.358. The molecular formula is C14H24N2O2S. The molecule has 0 aromatic rings. The highest BCUT2D eigenvalue weighted by Crippen LogP contribution is 2.29. The largest absolute Gasteiger partial charge is 0.288 e. The molecule has 2 amide bonds. The van der Waals surface area contributed by atoms with E-state index >= 15 is 0 Å². The topological polar surface area (TPSA) is 40.6 Å². The third kappa shape index (κ3) is 3.14. The summed E-state index contributed by atoms with van der Waals surface area (Å²) in [6.45, 7) is 12.6. The van der Waals surface area contributed by atoms with Crippen LogP contribution in [0.15, 0.2) is 0 Å². The minimum Gasteiger partial charge on any atom is -0.288 e. The summed E-state index contributed by atoms with van der Waals surface area (Å²) in [6.07, 6.45) is 0. The lowest BCUT2D eigenvalue weighted by Crippen LogP contribution is -2.64. The Morgan fingerprint density at radius 3 is 1.53 bits per heavy atom.